The normalized spacial score (nSPS) is 9.56. The molecule has 0 saturated carbocycles. The molecule has 0 fully saturated rings. The molecule has 0 amide bonds. The van der Waals surface area contributed by atoms with Crippen LogP contribution in [0, 0.1) is 12.7 Å². The second-order valence-corrected chi connectivity index (χ2v) is 1.91. The Morgan fingerprint density at radius 1 is 1.44 bits per heavy atom. The average molecular weight is 125 g/mol. The predicted molar refractivity (Wildman–Crippen MR) is 31.3 cm³/mol. The molecule has 1 aromatic rings. The molecule has 0 heterocycles. The van der Waals surface area contributed by atoms with Crippen LogP contribution in [0.1, 0.15) is 5.56 Å². The summed E-state index contributed by atoms with van der Waals surface area (Å²) in [5.41, 5.74) is 0.405. The zero-order valence-electron chi connectivity index (χ0n) is 5.02. The maximum absolute atomic E-state index is 12.4. The van der Waals surface area contributed by atoms with Crippen LogP contribution >= 0.6 is 0 Å². The van der Waals surface area contributed by atoms with Gasteiger partial charge in [-0.25, -0.2) is 4.39 Å². The van der Waals surface area contributed by atoms with Crippen LogP contribution < -0.4 is 0 Å². The molecule has 0 N–H and O–H groups in total. The van der Waals surface area contributed by atoms with Gasteiger partial charge in [-0.3, -0.25) is 5.11 Å². The van der Waals surface area contributed by atoms with Crippen molar-refractivity contribution in [3.63, 3.8) is 0 Å². The molecule has 0 saturated heterocycles. The van der Waals surface area contributed by atoms with Gasteiger partial charge in [-0.15, -0.1) is 0 Å². The van der Waals surface area contributed by atoms with Crippen LogP contribution in [0.2, 0.25) is 0 Å². The topological polar surface area (TPSA) is 19.9 Å². The first-order valence-corrected chi connectivity index (χ1v) is 2.63. The van der Waals surface area contributed by atoms with Crippen LogP contribution in [0.5, 0.6) is 5.75 Å². The quantitative estimate of drug-likeness (QED) is 0.507. The monoisotopic (exact) mass is 125 g/mol. The van der Waals surface area contributed by atoms with Gasteiger partial charge in [0.15, 0.2) is 5.75 Å². The largest absolute Gasteiger partial charge is 0.290 e. The Bertz CT molecular complexity index is 220. The van der Waals surface area contributed by atoms with Gasteiger partial charge < -0.3 is 0 Å². The highest BCUT2D eigenvalue weighted by molar-refractivity contribution is 5.26. The molecule has 47 valence electrons. The van der Waals surface area contributed by atoms with Crippen molar-refractivity contribution in [3.05, 3.63) is 29.6 Å². The van der Waals surface area contributed by atoms with Crippen molar-refractivity contribution in [1.82, 2.24) is 0 Å². The van der Waals surface area contributed by atoms with Crippen molar-refractivity contribution in [2.45, 2.75) is 6.92 Å². The lowest BCUT2D eigenvalue weighted by Crippen LogP contribution is -1.77. The third-order valence-electron chi connectivity index (χ3n) is 1.13. The predicted octanol–water partition coefficient (Wildman–Crippen LogP) is 2.28. The Hall–Kier alpha value is -1.05. The lowest BCUT2D eigenvalue weighted by molar-refractivity contribution is 0.353. The third kappa shape index (κ3) is 1.19. The van der Waals surface area contributed by atoms with E-state index in [0.29, 0.717) is 5.56 Å². The summed E-state index contributed by atoms with van der Waals surface area (Å²) >= 11 is 0. The van der Waals surface area contributed by atoms with Crippen LogP contribution in [0.4, 0.5) is 4.39 Å². The SMILES string of the molecule is Cc1cc([O])ccc1F. The minimum atomic E-state index is -0.324. The van der Waals surface area contributed by atoms with Gasteiger partial charge in [0.1, 0.15) is 5.82 Å². The van der Waals surface area contributed by atoms with Gasteiger partial charge in [0.05, 0.1) is 0 Å². The molecule has 1 nitrogen and oxygen atoms in total. The van der Waals surface area contributed by atoms with E-state index in [1.54, 1.807) is 6.92 Å². The molecule has 0 atom stereocenters. The molecule has 0 spiro atoms. The summed E-state index contributed by atoms with van der Waals surface area (Å²) < 4.78 is 12.4. The van der Waals surface area contributed by atoms with Gasteiger partial charge in [-0.2, -0.15) is 0 Å². The Morgan fingerprint density at radius 2 is 2.11 bits per heavy atom. The highest BCUT2D eigenvalue weighted by Crippen LogP contribution is 2.13. The molecule has 1 rings (SSSR count). The number of benzene rings is 1. The molecule has 0 bridgehead atoms. The van der Waals surface area contributed by atoms with Gasteiger partial charge in [0, 0.05) is 0 Å². The van der Waals surface area contributed by atoms with Crippen LogP contribution in [0.25, 0.3) is 0 Å². The molecule has 0 aromatic heterocycles. The van der Waals surface area contributed by atoms with E-state index in [0.717, 1.165) is 0 Å². The second kappa shape index (κ2) is 2.05. The first-order valence-electron chi connectivity index (χ1n) is 2.63. The van der Waals surface area contributed by atoms with Gasteiger partial charge in [-0.1, -0.05) is 0 Å². The van der Waals surface area contributed by atoms with E-state index in [2.05, 4.69) is 0 Å². The van der Waals surface area contributed by atoms with Crippen LogP contribution in [-0.4, -0.2) is 0 Å². The molecule has 0 unspecified atom stereocenters. The van der Waals surface area contributed by atoms with Crippen LogP contribution in [-0.2, 0) is 5.11 Å². The zero-order chi connectivity index (χ0) is 6.85. The second-order valence-electron chi connectivity index (χ2n) is 1.91. The maximum Gasteiger partial charge on any atom is 0.179 e. The first-order chi connectivity index (χ1) is 4.20. The smallest absolute Gasteiger partial charge is 0.179 e. The Kier molecular flexibility index (Phi) is 1.39. The van der Waals surface area contributed by atoms with E-state index in [1.165, 1.54) is 18.2 Å². The highest BCUT2D eigenvalue weighted by Gasteiger charge is 1.96. The average Bonchev–Trinajstić information content (AvgIpc) is 1.80. The summed E-state index contributed by atoms with van der Waals surface area (Å²) in [5, 5.41) is 10.5. The fraction of sp³-hybridized carbons (Fsp3) is 0.143. The number of aryl methyl sites for hydroxylation is 1. The molecule has 1 radical (unpaired) electrons. The fourth-order valence-electron chi connectivity index (χ4n) is 0.617. The maximum atomic E-state index is 12.4. The number of hydrogen-bond donors (Lipinski definition) is 0. The fourth-order valence-corrected chi connectivity index (χ4v) is 0.617. The molecule has 2 heteroatoms. The van der Waals surface area contributed by atoms with E-state index in [1.807, 2.05) is 0 Å². The van der Waals surface area contributed by atoms with Crippen molar-refractivity contribution < 1.29 is 9.50 Å². The minimum Gasteiger partial charge on any atom is -0.290 e. The van der Waals surface area contributed by atoms with Crippen LogP contribution in [0.15, 0.2) is 18.2 Å². The van der Waals surface area contributed by atoms with E-state index in [9.17, 15) is 9.50 Å². The summed E-state index contributed by atoms with van der Waals surface area (Å²) in [5.74, 6) is -0.469. The third-order valence-corrected chi connectivity index (χ3v) is 1.13. The van der Waals surface area contributed by atoms with Crippen molar-refractivity contribution in [2.75, 3.05) is 0 Å². The summed E-state index contributed by atoms with van der Waals surface area (Å²) in [6, 6.07) is 3.66. The van der Waals surface area contributed by atoms with Crippen LogP contribution in [0.3, 0.4) is 0 Å². The summed E-state index contributed by atoms with van der Waals surface area (Å²) in [6.45, 7) is 1.57. The first kappa shape index (κ1) is 6.08. The zero-order valence-corrected chi connectivity index (χ0v) is 5.02. The van der Waals surface area contributed by atoms with E-state index in [-0.39, 0.29) is 11.6 Å². The molecule has 0 aliphatic rings. The van der Waals surface area contributed by atoms with Gasteiger partial charge in [-0.05, 0) is 30.7 Å². The molecular weight excluding hydrogens is 119 g/mol. The molecule has 0 aliphatic carbocycles. The van der Waals surface area contributed by atoms with E-state index < -0.39 is 0 Å². The molecule has 1 aromatic carbocycles. The highest BCUT2D eigenvalue weighted by atomic mass is 19.1. The Balaban J connectivity index is 3.17. The summed E-state index contributed by atoms with van der Waals surface area (Å²) in [4.78, 5) is 0. The molecule has 9 heavy (non-hydrogen) atoms. The van der Waals surface area contributed by atoms with Gasteiger partial charge in [0.2, 0.25) is 0 Å². The minimum absolute atomic E-state index is 0.145. The van der Waals surface area contributed by atoms with Crippen molar-refractivity contribution in [1.29, 1.82) is 0 Å². The van der Waals surface area contributed by atoms with E-state index in [4.69, 9.17) is 0 Å². The Labute approximate surface area is 52.8 Å². The summed E-state index contributed by atoms with van der Waals surface area (Å²) in [7, 11) is 0. The van der Waals surface area contributed by atoms with Gasteiger partial charge in [0.25, 0.3) is 0 Å². The number of halogens is 1. The lowest BCUT2D eigenvalue weighted by Gasteiger charge is -1.91. The van der Waals surface area contributed by atoms with E-state index >= 15 is 0 Å². The molecule has 0 aliphatic heterocycles. The van der Waals surface area contributed by atoms with Gasteiger partial charge >= 0.3 is 0 Å². The Morgan fingerprint density at radius 3 is 2.56 bits per heavy atom. The van der Waals surface area contributed by atoms with Crippen molar-refractivity contribution >= 4 is 0 Å². The number of rotatable bonds is 0. The standard InChI is InChI=1S/C7H6FO/c1-5-4-6(9)2-3-7(5)8/h2-4H,1H3. The molecular formula is C7H6FO. The summed E-state index contributed by atoms with van der Waals surface area (Å²) in [6.07, 6.45) is 0. The number of hydrogen-bond acceptors (Lipinski definition) is 0. The lowest BCUT2D eigenvalue weighted by atomic mass is 10.2. The van der Waals surface area contributed by atoms with Crippen molar-refractivity contribution in [2.24, 2.45) is 0 Å². The van der Waals surface area contributed by atoms with Crippen molar-refractivity contribution in [3.8, 4) is 5.75 Å².